The van der Waals surface area contributed by atoms with E-state index < -0.39 is 0 Å². The number of hydrogen-bond donors (Lipinski definition) is 0. The molecule has 0 spiro atoms. The molecule has 1 heterocycles. The minimum absolute atomic E-state index is 0.0149. The number of ether oxygens (including phenoxy) is 1. The van der Waals surface area contributed by atoms with Gasteiger partial charge >= 0.3 is 0 Å². The normalized spacial score (nSPS) is 14.0. The number of halogens is 1. The average Bonchev–Trinajstić information content (AvgIpc) is 3.45. The van der Waals surface area contributed by atoms with Crippen LogP contribution >= 0.6 is 11.6 Å². The number of amides is 1. The van der Waals surface area contributed by atoms with Crippen LogP contribution in [-0.4, -0.2) is 33.7 Å². The third-order valence-electron chi connectivity index (χ3n) is 5.64. The van der Waals surface area contributed by atoms with E-state index in [0.29, 0.717) is 16.8 Å². The Hall–Kier alpha value is -2.86. The van der Waals surface area contributed by atoms with Gasteiger partial charge in [-0.3, -0.25) is 4.79 Å². The molecule has 0 N–H and O–H groups in total. The Kier molecular flexibility index (Phi) is 6.56. The van der Waals surface area contributed by atoms with Crippen LogP contribution in [0.1, 0.15) is 42.7 Å². The lowest BCUT2D eigenvalue weighted by Crippen LogP contribution is -2.41. The zero-order chi connectivity index (χ0) is 21.8. The highest BCUT2D eigenvalue weighted by atomic mass is 35.5. The molecule has 1 aliphatic carbocycles. The molecule has 6 nitrogen and oxygen atoms in total. The number of rotatable bonds is 7. The van der Waals surface area contributed by atoms with Crippen LogP contribution in [0.2, 0.25) is 5.02 Å². The fourth-order valence-corrected chi connectivity index (χ4v) is 4.02. The first kappa shape index (κ1) is 21.4. The Morgan fingerprint density at radius 3 is 2.61 bits per heavy atom. The molecular weight excluding hydrogens is 414 g/mol. The summed E-state index contributed by atoms with van der Waals surface area (Å²) in [6.07, 6.45) is 4.19. The molecule has 0 saturated heterocycles. The number of carbonyl (C=O) groups excluding carboxylic acids is 1. The Balaban J connectivity index is 1.47. The number of aryl methyl sites for hydroxylation is 2. The van der Waals surface area contributed by atoms with Crippen molar-refractivity contribution in [1.82, 2.24) is 15.1 Å². The first-order chi connectivity index (χ1) is 15.0. The van der Waals surface area contributed by atoms with Crippen molar-refractivity contribution in [1.29, 1.82) is 0 Å². The van der Waals surface area contributed by atoms with Crippen LogP contribution < -0.4 is 4.74 Å². The van der Waals surface area contributed by atoms with Gasteiger partial charge in [-0.25, -0.2) is 0 Å². The summed E-state index contributed by atoms with van der Waals surface area (Å²) in [7, 11) is 0. The summed E-state index contributed by atoms with van der Waals surface area (Å²) >= 11 is 5.95. The molecule has 7 heteroatoms. The van der Waals surface area contributed by atoms with Crippen LogP contribution in [0.25, 0.3) is 11.5 Å². The van der Waals surface area contributed by atoms with Gasteiger partial charge < -0.3 is 14.1 Å². The molecule has 3 aromatic rings. The maximum Gasteiger partial charge on any atom is 0.261 e. The number of hydrogen-bond acceptors (Lipinski definition) is 5. The molecule has 1 saturated carbocycles. The van der Waals surface area contributed by atoms with E-state index in [1.165, 1.54) is 0 Å². The summed E-state index contributed by atoms with van der Waals surface area (Å²) in [5.74, 6) is 1.50. The second-order valence-electron chi connectivity index (χ2n) is 8.03. The van der Waals surface area contributed by atoms with E-state index in [1.807, 2.05) is 49.1 Å². The summed E-state index contributed by atoms with van der Waals surface area (Å²) in [5, 5.41) is 8.95. The molecule has 4 rings (SSSR count). The van der Waals surface area contributed by atoms with Crippen molar-refractivity contribution >= 4 is 17.5 Å². The van der Waals surface area contributed by atoms with Crippen molar-refractivity contribution in [3.8, 4) is 17.2 Å². The van der Waals surface area contributed by atoms with Gasteiger partial charge in [0.1, 0.15) is 5.75 Å². The van der Waals surface area contributed by atoms with Gasteiger partial charge in [-0.05, 0) is 68.1 Å². The molecule has 0 aliphatic heterocycles. The highest BCUT2D eigenvalue weighted by Gasteiger charge is 2.29. The standard InChI is InChI=1S/C24H26ClN3O3/c1-16-7-8-17(2)21(13-16)30-15-23(29)28(20-5-3-4-6-20)14-22-26-27-24(31-22)18-9-11-19(25)12-10-18/h7-13,20H,3-6,14-15H2,1-2H3. The first-order valence-electron chi connectivity index (χ1n) is 10.6. The molecule has 162 valence electrons. The summed E-state index contributed by atoms with van der Waals surface area (Å²) in [4.78, 5) is 14.9. The van der Waals surface area contributed by atoms with E-state index in [4.69, 9.17) is 20.8 Å². The molecule has 1 fully saturated rings. The van der Waals surface area contributed by atoms with E-state index in [2.05, 4.69) is 10.2 Å². The quantitative estimate of drug-likeness (QED) is 0.495. The number of nitrogens with zero attached hydrogens (tertiary/aromatic N) is 3. The fourth-order valence-electron chi connectivity index (χ4n) is 3.89. The lowest BCUT2D eigenvalue weighted by atomic mass is 10.1. The van der Waals surface area contributed by atoms with Crippen LogP contribution in [0.4, 0.5) is 0 Å². The SMILES string of the molecule is Cc1ccc(C)c(OCC(=O)N(Cc2nnc(-c3ccc(Cl)cc3)o2)C2CCCC2)c1. The largest absolute Gasteiger partial charge is 0.483 e. The fraction of sp³-hybridized carbons (Fsp3) is 0.375. The number of benzene rings is 2. The zero-order valence-corrected chi connectivity index (χ0v) is 18.6. The van der Waals surface area contributed by atoms with Gasteiger partial charge in [0.05, 0.1) is 6.54 Å². The smallest absolute Gasteiger partial charge is 0.261 e. The van der Waals surface area contributed by atoms with Gasteiger partial charge in [0, 0.05) is 16.6 Å². The maximum atomic E-state index is 13.1. The summed E-state index contributed by atoms with van der Waals surface area (Å²) < 4.78 is 11.7. The van der Waals surface area contributed by atoms with Crippen LogP contribution in [0.3, 0.4) is 0 Å². The van der Waals surface area contributed by atoms with Crippen LogP contribution in [0.15, 0.2) is 46.9 Å². The minimum atomic E-state index is -0.0703. The Labute approximate surface area is 187 Å². The number of carbonyl (C=O) groups is 1. The second kappa shape index (κ2) is 9.52. The van der Waals surface area contributed by atoms with Gasteiger partial charge in [0.2, 0.25) is 11.8 Å². The second-order valence-corrected chi connectivity index (χ2v) is 8.46. The monoisotopic (exact) mass is 439 g/mol. The third kappa shape index (κ3) is 5.25. The zero-order valence-electron chi connectivity index (χ0n) is 17.8. The first-order valence-corrected chi connectivity index (χ1v) is 11.0. The van der Waals surface area contributed by atoms with Crippen molar-refractivity contribution in [2.24, 2.45) is 0 Å². The average molecular weight is 440 g/mol. The van der Waals surface area contributed by atoms with Gasteiger partial charge in [0.15, 0.2) is 6.61 Å². The van der Waals surface area contributed by atoms with Gasteiger partial charge in [-0.2, -0.15) is 0 Å². The predicted octanol–water partition coefficient (Wildman–Crippen LogP) is 5.36. The Morgan fingerprint density at radius 1 is 1.13 bits per heavy atom. The van der Waals surface area contributed by atoms with Crippen molar-refractivity contribution in [3.63, 3.8) is 0 Å². The van der Waals surface area contributed by atoms with Gasteiger partial charge in [-0.1, -0.05) is 36.6 Å². The summed E-state index contributed by atoms with van der Waals surface area (Å²) in [5.41, 5.74) is 2.90. The molecule has 0 bridgehead atoms. The molecule has 0 unspecified atom stereocenters. The predicted molar refractivity (Wildman–Crippen MR) is 119 cm³/mol. The van der Waals surface area contributed by atoms with E-state index in [0.717, 1.165) is 48.1 Å². The molecular formula is C24H26ClN3O3. The van der Waals surface area contributed by atoms with Gasteiger partial charge in [-0.15, -0.1) is 10.2 Å². The van der Waals surface area contributed by atoms with Crippen LogP contribution in [0.5, 0.6) is 5.75 Å². The topological polar surface area (TPSA) is 68.5 Å². The van der Waals surface area contributed by atoms with E-state index >= 15 is 0 Å². The van der Waals surface area contributed by atoms with Crippen molar-refractivity contribution in [2.75, 3.05) is 6.61 Å². The maximum absolute atomic E-state index is 13.1. The molecule has 2 aromatic carbocycles. The highest BCUT2D eigenvalue weighted by molar-refractivity contribution is 6.30. The molecule has 31 heavy (non-hydrogen) atoms. The lowest BCUT2D eigenvalue weighted by Gasteiger charge is -2.27. The molecule has 0 atom stereocenters. The lowest BCUT2D eigenvalue weighted by molar-refractivity contribution is -0.136. The Bertz CT molecular complexity index is 1040. The molecule has 0 radical (unpaired) electrons. The summed E-state index contributed by atoms with van der Waals surface area (Å²) in [6.45, 7) is 4.25. The van der Waals surface area contributed by atoms with E-state index in [1.54, 1.807) is 12.1 Å². The Morgan fingerprint density at radius 2 is 1.87 bits per heavy atom. The molecule has 1 aliphatic rings. The van der Waals surface area contributed by atoms with Crippen molar-refractivity contribution < 1.29 is 13.9 Å². The molecule has 1 amide bonds. The summed E-state index contributed by atoms with van der Waals surface area (Å²) in [6, 6.07) is 13.4. The minimum Gasteiger partial charge on any atom is -0.483 e. The van der Waals surface area contributed by atoms with Crippen LogP contribution in [-0.2, 0) is 11.3 Å². The van der Waals surface area contributed by atoms with E-state index in [-0.39, 0.29) is 25.1 Å². The van der Waals surface area contributed by atoms with Gasteiger partial charge in [0.25, 0.3) is 5.91 Å². The third-order valence-corrected chi connectivity index (χ3v) is 5.90. The van der Waals surface area contributed by atoms with E-state index in [9.17, 15) is 4.79 Å². The highest BCUT2D eigenvalue weighted by Crippen LogP contribution is 2.27. The van der Waals surface area contributed by atoms with Crippen molar-refractivity contribution in [2.45, 2.75) is 52.1 Å². The number of aromatic nitrogens is 2. The van der Waals surface area contributed by atoms with Crippen LogP contribution in [0, 0.1) is 13.8 Å². The molecule has 1 aromatic heterocycles. The van der Waals surface area contributed by atoms with Crippen molar-refractivity contribution in [3.05, 3.63) is 64.5 Å².